The summed E-state index contributed by atoms with van der Waals surface area (Å²) in [4.78, 5) is 11.1. The van der Waals surface area contributed by atoms with Gasteiger partial charge in [-0.15, -0.1) is 0 Å². The number of hydrogen-bond acceptors (Lipinski definition) is 1. The molecule has 0 bridgehead atoms. The average molecular weight is 223 g/mol. The first-order chi connectivity index (χ1) is 7.36. The highest BCUT2D eigenvalue weighted by Gasteiger charge is 2.20. The fourth-order valence-corrected chi connectivity index (χ4v) is 1.61. The summed E-state index contributed by atoms with van der Waals surface area (Å²) >= 11 is 0. The van der Waals surface area contributed by atoms with Crippen molar-refractivity contribution in [1.29, 1.82) is 0 Å². The Labute approximate surface area is 97.1 Å². The Balaban J connectivity index is 3.05. The van der Waals surface area contributed by atoms with Crippen LogP contribution in [-0.2, 0) is 12.0 Å². The molecule has 0 atom stereocenters. The van der Waals surface area contributed by atoms with Crippen LogP contribution in [0.5, 0.6) is 0 Å². The van der Waals surface area contributed by atoms with Crippen LogP contribution in [0.15, 0.2) is 12.3 Å². The van der Waals surface area contributed by atoms with Gasteiger partial charge in [-0.1, -0.05) is 34.1 Å². The van der Waals surface area contributed by atoms with Gasteiger partial charge in [0.25, 0.3) is 0 Å². The van der Waals surface area contributed by atoms with E-state index in [2.05, 4.69) is 27.7 Å². The van der Waals surface area contributed by atoms with Crippen molar-refractivity contribution in [1.82, 2.24) is 4.57 Å². The fourth-order valence-electron chi connectivity index (χ4n) is 1.61. The fraction of sp³-hybridized carbons (Fsp3) is 0.615. The zero-order chi connectivity index (χ0) is 12.3. The van der Waals surface area contributed by atoms with E-state index in [1.165, 1.54) is 0 Å². The van der Waals surface area contributed by atoms with Crippen LogP contribution in [0, 0.1) is 0 Å². The van der Waals surface area contributed by atoms with E-state index in [1.54, 1.807) is 6.07 Å². The van der Waals surface area contributed by atoms with E-state index in [-0.39, 0.29) is 5.41 Å². The Morgan fingerprint density at radius 3 is 2.50 bits per heavy atom. The first-order valence-corrected chi connectivity index (χ1v) is 5.80. The minimum absolute atomic E-state index is 0.00165. The van der Waals surface area contributed by atoms with Crippen LogP contribution >= 0.6 is 0 Å². The Hall–Kier alpha value is -1.25. The lowest BCUT2D eigenvalue weighted by Crippen LogP contribution is -2.09. The zero-order valence-electron chi connectivity index (χ0n) is 10.6. The number of aromatic carboxylic acids is 1. The van der Waals surface area contributed by atoms with Crippen LogP contribution in [0.2, 0.25) is 0 Å². The molecular formula is C13H21NO2. The second-order valence-electron chi connectivity index (χ2n) is 5.22. The molecule has 16 heavy (non-hydrogen) atoms. The molecule has 0 fully saturated rings. The number of carboxylic acids is 1. The molecule has 3 nitrogen and oxygen atoms in total. The van der Waals surface area contributed by atoms with E-state index in [0.717, 1.165) is 24.9 Å². The number of rotatable bonds is 4. The molecule has 0 saturated carbocycles. The number of carboxylic acid groups (broad SMARTS) is 1. The molecule has 0 aliphatic carbocycles. The van der Waals surface area contributed by atoms with Gasteiger partial charge in [0.1, 0.15) is 5.69 Å². The Bertz CT molecular complexity index is 372. The molecule has 1 aromatic heterocycles. The number of aromatic nitrogens is 1. The number of nitrogens with zero attached hydrogens (tertiary/aromatic N) is 1. The number of aryl methyl sites for hydroxylation is 1. The van der Waals surface area contributed by atoms with Gasteiger partial charge >= 0.3 is 5.97 Å². The van der Waals surface area contributed by atoms with Gasteiger partial charge in [0.2, 0.25) is 0 Å². The molecule has 0 radical (unpaired) electrons. The highest BCUT2D eigenvalue weighted by atomic mass is 16.4. The summed E-state index contributed by atoms with van der Waals surface area (Å²) in [5.41, 5.74) is 1.49. The van der Waals surface area contributed by atoms with Gasteiger partial charge in [0.15, 0.2) is 0 Å². The predicted octanol–water partition coefficient (Wildman–Crippen LogP) is 3.28. The van der Waals surface area contributed by atoms with Gasteiger partial charge in [-0.2, -0.15) is 0 Å². The Morgan fingerprint density at radius 2 is 2.06 bits per heavy atom. The van der Waals surface area contributed by atoms with Crippen LogP contribution in [0.25, 0.3) is 0 Å². The third-order valence-electron chi connectivity index (χ3n) is 2.73. The van der Waals surface area contributed by atoms with Crippen LogP contribution in [0.3, 0.4) is 0 Å². The van der Waals surface area contributed by atoms with Crippen LogP contribution in [0.1, 0.15) is 56.6 Å². The average Bonchev–Trinajstić information content (AvgIpc) is 2.57. The van der Waals surface area contributed by atoms with E-state index in [9.17, 15) is 4.79 Å². The third kappa shape index (κ3) is 2.87. The molecule has 1 N–H and O–H groups in total. The van der Waals surface area contributed by atoms with Crippen molar-refractivity contribution in [3.05, 3.63) is 23.5 Å². The van der Waals surface area contributed by atoms with Gasteiger partial charge in [-0.3, -0.25) is 0 Å². The van der Waals surface area contributed by atoms with Crippen molar-refractivity contribution in [3.63, 3.8) is 0 Å². The molecule has 1 aromatic rings. The number of carbonyl (C=O) groups is 1. The molecule has 0 aromatic carbocycles. The van der Waals surface area contributed by atoms with Crippen LogP contribution in [0.4, 0.5) is 0 Å². The number of unbranched alkanes of at least 4 members (excludes halogenated alkanes) is 1. The quantitative estimate of drug-likeness (QED) is 0.851. The molecular weight excluding hydrogens is 202 g/mol. The van der Waals surface area contributed by atoms with Crippen LogP contribution in [-0.4, -0.2) is 15.6 Å². The van der Waals surface area contributed by atoms with Crippen molar-refractivity contribution >= 4 is 5.97 Å². The van der Waals surface area contributed by atoms with E-state index in [1.807, 2.05) is 10.8 Å². The molecule has 90 valence electrons. The Morgan fingerprint density at radius 1 is 1.44 bits per heavy atom. The van der Waals surface area contributed by atoms with Crippen molar-refractivity contribution in [2.45, 2.75) is 52.5 Å². The molecule has 3 heteroatoms. The zero-order valence-corrected chi connectivity index (χ0v) is 10.6. The SMILES string of the molecule is CCCCn1cc(C(C)(C)C)cc1C(=O)O. The van der Waals surface area contributed by atoms with E-state index in [0.29, 0.717) is 5.69 Å². The number of hydrogen-bond donors (Lipinski definition) is 1. The minimum atomic E-state index is -0.841. The predicted molar refractivity (Wildman–Crippen MR) is 65.0 cm³/mol. The summed E-state index contributed by atoms with van der Waals surface area (Å²) in [5, 5.41) is 9.12. The van der Waals surface area contributed by atoms with Crippen molar-refractivity contribution < 1.29 is 9.90 Å². The highest BCUT2D eigenvalue weighted by Crippen LogP contribution is 2.24. The van der Waals surface area contributed by atoms with Gasteiger partial charge in [0.05, 0.1) is 0 Å². The largest absolute Gasteiger partial charge is 0.477 e. The van der Waals surface area contributed by atoms with Gasteiger partial charge < -0.3 is 9.67 Å². The third-order valence-corrected chi connectivity index (χ3v) is 2.73. The summed E-state index contributed by atoms with van der Waals surface area (Å²) in [5.74, 6) is -0.841. The molecule has 0 aliphatic rings. The monoisotopic (exact) mass is 223 g/mol. The summed E-state index contributed by atoms with van der Waals surface area (Å²) in [6, 6.07) is 1.79. The lowest BCUT2D eigenvalue weighted by Gasteiger charge is -2.15. The second kappa shape index (κ2) is 4.73. The first kappa shape index (κ1) is 12.8. The molecule has 0 spiro atoms. The standard InChI is InChI=1S/C13H21NO2/c1-5-6-7-14-9-10(13(2,3)4)8-11(14)12(15)16/h8-9H,5-7H2,1-4H3,(H,15,16). The smallest absolute Gasteiger partial charge is 0.352 e. The summed E-state index contributed by atoms with van der Waals surface area (Å²) in [6.45, 7) is 9.18. The van der Waals surface area contributed by atoms with Crippen LogP contribution < -0.4 is 0 Å². The van der Waals surface area contributed by atoms with Gasteiger partial charge in [-0.25, -0.2) is 4.79 Å². The van der Waals surface area contributed by atoms with E-state index < -0.39 is 5.97 Å². The molecule has 0 unspecified atom stereocenters. The molecule has 1 rings (SSSR count). The second-order valence-corrected chi connectivity index (χ2v) is 5.22. The van der Waals surface area contributed by atoms with E-state index >= 15 is 0 Å². The first-order valence-electron chi connectivity index (χ1n) is 5.80. The Kier molecular flexibility index (Phi) is 3.79. The normalized spacial score (nSPS) is 11.8. The minimum Gasteiger partial charge on any atom is -0.477 e. The molecule has 0 saturated heterocycles. The van der Waals surface area contributed by atoms with E-state index in [4.69, 9.17) is 5.11 Å². The summed E-state index contributed by atoms with van der Waals surface area (Å²) < 4.78 is 1.85. The summed E-state index contributed by atoms with van der Waals surface area (Å²) in [6.07, 6.45) is 4.06. The summed E-state index contributed by atoms with van der Waals surface area (Å²) in [7, 11) is 0. The molecule has 0 amide bonds. The molecule has 1 heterocycles. The maximum atomic E-state index is 11.1. The lowest BCUT2D eigenvalue weighted by atomic mass is 9.89. The highest BCUT2D eigenvalue weighted by molar-refractivity contribution is 5.86. The van der Waals surface area contributed by atoms with Crippen molar-refractivity contribution in [2.24, 2.45) is 0 Å². The topological polar surface area (TPSA) is 42.2 Å². The maximum absolute atomic E-state index is 11.1. The van der Waals surface area contributed by atoms with Crippen molar-refractivity contribution in [3.8, 4) is 0 Å². The molecule has 0 aliphatic heterocycles. The van der Waals surface area contributed by atoms with Gasteiger partial charge in [-0.05, 0) is 23.5 Å². The van der Waals surface area contributed by atoms with Gasteiger partial charge in [0, 0.05) is 12.7 Å². The van der Waals surface area contributed by atoms with Crippen molar-refractivity contribution in [2.75, 3.05) is 0 Å². The maximum Gasteiger partial charge on any atom is 0.352 e. The lowest BCUT2D eigenvalue weighted by molar-refractivity contribution is 0.0685.